The van der Waals surface area contributed by atoms with Crippen molar-refractivity contribution in [3.8, 4) is 0 Å². The second-order valence-electron chi connectivity index (χ2n) is 6.54. The fourth-order valence-electron chi connectivity index (χ4n) is 3.66. The van der Waals surface area contributed by atoms with Gasteiger partial charge in [0.2, 0.25) is 0 Å². The molecule has 2 heterocycles. The highest BCUT2D eigenvalue weighted by Crippen LogP contribution is 2.71. The van der Waals surface area contributed by atoms with E-state index in [4.69, 9.17) is 4.99 Å². The molecule has 2 aromatic carbocycles. The standard InChI is InChI=1S/C21H24IN3S/c1-3-16-9-10-17(25-13-11-23-12-14-25)15-18(16)21-24-19-7-5-6-8-20(19)26(21,22)4-2/h3,5-10,15,23H,1,4,11-14H2,2H3. The molecule has 1 saturated heterocycles. The molecule has 0 spiro atoms. The molecular formula is C21H24IN3S. The highest BCUT2D eigenvalue weighted by molar-refractivity contribution is 14.2. The number of fused-ring (bicyclic) bond motifs is 1. The summed E-state index contributed by atoms with van der Waals surface area (Å²) in [6.45, 7) is 10.5. The van der Waals surface area contributed by atoms with Gasteiger partial charge in [-0.3, -0.25) is 0 Å². The van der Waals surface area contributed by atoms with Gasteiger partial charge in [0.15, 0.2) is 0 Å². The van der Waals surface area contributed by atoms with Crippen LogP contribution < -0.4 is 10.2 Å². The Morgan fingerprint density at radius 1 is 1.23 bits per heavy atom. The highest BCUT2D eigenvalue weighted by Gasteiger charge is 2.36. The molecule has 2 aromatic rings. The number of nitrogens with one attached hydrogen (secondary N) is 1. The third-order valence-corrected chi connectivity index (χ3v) is 12.4. The van der Waals surface area contributed by atoms with E-state index in [0.717, 1.165) is 37.6 Å². The summed E-state index contributed by atoms with van der Waals surface area (Å²) in [6, 6.07) is 15.4. The second-order valence-corrected chi connectivity index (χ2v) is 13.8. The van der Waals surface area contributed by atoms with Crippen LogP contribution in [-0.4, -0.2) is 37.0 Å². The molecule has 0 bridgehead atoms. The van der Waals surface area contributed by atoms with Crippen LogP contribution in [0.3, 0.4) is 0 Å². The average molecular weight is 477 g/mol. The van der Waals surface area contributed by atoms with Gasteiger partial charge < -0.3 is 10.2 Å². The number of hydrogen-bond donors (Lipinski definition) is 1. The Bertz CT molecular complexity index is 873. The number of anilines is 1. The van der Waals surface area contributed by atoms with Gasteiger partial charge in [-0.1, -0.05) is 37.8 Å². The summed E-state index contributed by atoms with van der Waals surface area (Å²) in [6.07, 6.45) is 1.97. The summed E-state index contributed by atoms with van der Waals surface area (Å²) in [7, 11) is -1.13. The van der Waals surface area contributed by atoms with E-state index in [-0.39, 0.29) is 0 Å². The van der Waals surface area contributed by atoms with Crippen molar-refractivity contribution in [3.63, 3.8) is 0 Å². The van der Waals surface area contributed by atoms with Crippen molar-refractivity contribution >= 4 is 50.9 Å². The minimum Gasteiger partial charge on any atom is -0.369 e. The van der Waals surface area contributed by atoms with E-state index >= 15 is 0 Å². The van der Waals surface area contributed by atoms with Crippen molar-refractivity contribution in [2.45, 2.75) is 11.8 Å². The molecule has 1 fully saturated rings. The Balaban J connectivity index is 1.83. The molecule has 0 aliphatic carbocycles. The minimum absolute atomic E-state index is 1.04. The molecule has 1 N–H and O–H groups in total. The zero-order valence-electron chi connectivity index (χ0n) is 15.0. The second kappa shape index (κ2) is 7.37. The van der Waals surface area contributed by atoms with Gasteiger partial charge in [-0.15, -0.1) is 7.20 Å². The number of nitrogens with zero attached hydrogens (tertiary/aromatic N) is 2. The lowest BCUT2D eigenvalue weighted by molar-refractivity contribution is 0.589. The molecule has 2 aliphatic rings. The normalized spacial score (nSPS) is 24.5. The quantitative estimate of drug-likeness (QED) is 0.601. The van der Waals surface area contributed by atoms with E-state index in [1.54, 1.807) is 0 Å². The van der Waals surface area contributed by atoms with Crippen LogP contribution in [0.25, 0.3) is 6.08 Å². The van der Waals surface area contributed by atoms with Gasteiger partial charge in [-0.05, 0) is 56.8 Å². The van der Waals surface area contributed by atoms with E-state index in [2.05, 4.69) is 87.4 Å². The number of benzene rings is 2. The molecule has 3 nitrogen and oxygen atoms in total. The Morgan fingerprint density at radius 2 is 2.00 bits per heavy atom. The first-order valence-electron chi connectivity index (χ1n) is 9.08. The lowest BCUT2D eigenvalue weighted by Gasteiger charge is -2.33. The lowest BCUT2D eigenvalue weighted by Crippen LogP contribution is -2.43. The minimum atomic E-state index is -1.13. The van der Waals surface area contributed by atoms with Gasteiger partial charge in [0.1, 0.15) is 5.04 Å². The highest BCUT2D eigenvalue weighted by atomic mass is 127. The van der Waals surface area contributed by atoms with Gasteiger partial charge in [0.25, 0.3) is 0 Å². The number of piperazine rings is 1. The fourth-order valence-corrected chi connectivity index (χ4v) is 8.09. The third-order valence-electron chi connectivity index (χ3n) is 5.11. The van der Waals surface area contributed by atoms with Crippen molar-refractivity contribution < 1.29 is 0 Å². The summed E-state index contributed by atoms with van der Waals surface area (Å²) in [4.78, 5) is 8.98. The van der Waals surface area contributed by atoms with Crippen LogP contribution in [0.1, 0.15) is 18.1 Å². The molecular weight excluding hydrogens is 453 g/mol. The number of rotatable bonds is 4. The third kappa shape index (κ3) is 3.00. The van der Waals surface area contributed by atoms with Crippen molar-refractivity contribution in [3.05, 3.63) is 60.2 Å². The maximum absolute atomic E-state index is 5.11. The van der Waals surface area contributed by atoms with Crippen molar-refractivity contribution in [1.29, 1.82) is 0 Å². The topological polar surface area (TPSA) is 27.6 Å². The van der Waals surface area contributed by atoms with E-state index in [1.807, 2.05) is 6.08 Å². The van der Waals surface area contributed by atoms with Gasteiger partial charge in [-0.2, -0.15) is 0 Å². The molecule has 0 radical (unpaired) electrons. The predicted molar refractivity (Wildman–Crippen MR) is 125 cm³/mol. The van der Waals surface area contributed by atoms with Crippen LogP contribution in [0.5, 0.6) is 0 Å². The first-order chi connectivity index (χ1) is 12.7. The van der Waals surface area contributed by atoms with Crippen LogP contribution in [-0.2, 0) is 0 Å². The first-order valence-corrected chi connectivity index (χ1v) is 13.4. The summed E-state index contributed by atoms with van der Waals surface area (Å²) >= 11 is 2.68. The van der Waals surface area contributed by atoms with Crippen molar-refractivity contribution in [2.75, 3.05) is 36.8 Å². The monoisotopic (exact) mass is 477 g/mol. The summed E-state index contributed by atoms with van der Waals surface area (Å²) in [5, 5.41) is 4.68. The number of hydrogen-bond acceptors (Lipinski definition) is 3. The summed E-state index contributed by atoms with van der Waals surface area (Å²) < 4.78 is 0. The largest absolute Gasteiger partial charge is 0.369 e. The number of halogens is 1. The van der Waals surface area contributed by atoms with E-state index in [9.17, 15) is 0 Å². The van der Waals surface area contributed by atoms with Crippen LogP contribution in [0.4, 0.5) is 11.4 Å². The van der Waals surface area contributed by atoms with Crippen LogP contribution in [0, 0.1) is 0 Å². The Morgan fingerprint density at radius 3 is 2.73 bits per heavy atom. The van der Waals surface area contributed by atoms with E-state index < -0.39 is 7.20 Å². The maximum Gasteiger partial charge on any atom is 0.100 e. The molecule has 4 rings (SSSR count). The molecule has 2 aliphatic heterocycles. The smallest absolute Gasteiger partial charge is 0.100 e. The molecule has 5 heteroatoms. The van der Waals surface area contributed by atoms with Crippen LogP contribution >= 0.6 is 28.4 Å². The molecule has 136 valence electrons. The van der Waals surface area contributed by atoms with Crippen molar-refractivity contribution in [2.24, 2.45) is 4.99 Å². The first kappa shape index (κ1) is 18.1. The summed E-state index contributed by atoms with van der Waals surface area (Å²) in [5.74, 6) is 1.10. The Hall–Kier alpha value is -1.31. The van der Waals surface area contributed by atoms with E-state index in [1.165, 1.54) is 26.8 Å². The van der Waals surface area contributed by atoms with Crippen molar-refractivity contribution in [1.82, 2.24) is 5.32 Å². The van der Waals surface area contributed by atoms with Gasteiger partial charge in [0, 0.05) is 42.3 Å². The Labute approximate surface area is 169 Å². The van der Waals surface area contributed by atoms with Gasteiger partial charge >= 0.3 is 0 Å². The molecule has 0 amide bonds. The number of para-hydroxylation sites is 1. The average Bonchev–Trinajstić information content (AvgIpc) is 3.01. The van der Waals surface area contributed by atoms with E-state index in [0.29, 0.717) is 0 Å². The zero-order chi connectivity index (χ0) is 18.1. The Kier molecular flexibility index (Phi) is 5.12. The van der Waals surface area contributed by atoms with Crippen LogP contribution in [0.2, 0.25) is 0 Å². The predicted octanol–water partition coefficient (Wildman–Crippen LogP) is 5.36. The van der Waals surface area contributed by atoms with Gasteiger partial charge in [-0.25, -0.2) is 4.99 Å². The SMILES string of the molecule is C=Cc1ccc(N2CCNCC2)cc1C1=Nc2ccccc2S1(I)CC. The molecule has 0 aromatic heterocycles. The van der Waals surface area contributed by atoms with Crippen LogP contribution in [0.15, 0.2) is 58.9 Å². The lowest BCUT2D eigenvalue weighted by atomic mass is 10.1. The molecule has 26 heavy (non-hydrogen) atoms. The molecule has 0 saturated carbocycles. The van der Waals surface area contributed by atoms with Gasteiger partial charge in [0.05, 0.1) is 5.69 Å². The summed E-state index contributed by atoms with van der Waals surface area (Å²) in [5.41, 5.74) is 4.85. The molecule has 1 atom stereocenters. The maximum atomic E-state index is 5.11. The fraction of sp³-hybridized carbons (Fsp3) is 0.286. The number of aliphatic imine (C=N–C) groups is 1. The zero-order valence-corrected chi connectivity index (χ0v) is 18.0. The molecule has 1 unspecified atom stereocenters.